The van der Waals surface area contributed by atoms with Gasteiger partial charge in [-0.2, -0.15) is 0 Å². The number of ether oxygens (including phenoxy) is 1. The minimum atomic E-state index is 0.0577. The minimum Gasteiger partial charge on any atom is -0.484 e. The third kappa shape index (κ3) is 2.02. The molecule has 0 saturated heterocycles. The lowest BCUT2D eigenvalue weighted by Crippen LogP contribution is -2.26. The molecular weight excluding hydrogens is 244 g/mol. The zero-order valence-electron chi connectivity index (χ0n) is 10.5. The summed E-state index contributed by atoms with van der Waals surface area (Å²) in [5, 5.41) is 6.55. The van der Waals surface area contributed by atoms with Crippen molar-refractivity contribution in [2.75, 3.05) is 7.05 Å². The third-order valence-electron chi connectivity index (χ3n) is 3.33. The van der Waals surface area contributed by atoms with Gasteiger partial charge in [-0.15, -0.1) is 11.3 Å². The number of aromatic nitrogens is 1. The molecule has 0 amide bonds. The second-order valence-corrected chi connectivity index (χ2v) is 5.57. The van der Waals surface area contributed by atoms with Gasteiger partial charge in [0.05, 0.1) is 10.7 Å². The van der Waals surface area contributed by atoms with Crippen molar-refractivity contribution in [3.63, 3.8) is 0 Å². The molecule has 1 aliphatic rings. The summed E-state index contributed by atoms with van der Waals surface area (Å²) in [4.78, 5) is 4.54. The van der Waals surface area contributed by atoms with Crippen molar-refractivity contribution < 1.29 is 4.74 Å². The smallest absolute Gasteiger partial charge is 0.143 e. The number of hydrogen-bond donors (Lipinski definition) is 1. The molecule has 94 valence electrons. The highest BCUT2D eigenvalue weighted by molar-refractivity contribution is 7.09. The van der Waals surface area contributed by atoms with Gasteiger partial charge in [0.1, 0.15) is 11.9 Å². The van der Waals surface area contributed by atoms with Gasteiger partial charge in [-0.25, -0.2) is 4.98 Å². The summed E-state index contributed by atoms with van der Waals surface area (Å²) in [6.45, 7) is 2.03. The molecule has 1 aromatic carbocycles. The summed E-state index contributed by atoms with van der Waals surface area (Å²) in [7, 11) is 2.00. The van der Waals surface area contributed by atoms with Gasteiger partial charge in [-0.05, 0) is 20.0 Å². The maximum atomic E-state index is 6.07. The van der Waals surface area contributed by atoms with Gasteiger partial charge >= 0.3 is 0 Å². The molecule has 0 fully saturated rings. The molecule has 18 heavy (non-hydrogen) atoms. The number of thiazole rings is 1. The Morgan fingerprint density at radius 1 is 1.39 bits per heavy atom. The van der Waals surface area contributed by atoms with Crippen molar-refractivity contribution in [2.45, 2.75) is 25.5 Å². The number of hydrogen-bond acceptors (Lipinski definition) is 4. The second kappa shape index (κ2) is 4.71. The molecule has 4 heteroatoms. The van der Waals surface area contributed by atoms with Gasteiger partial charge in [0.15, 0.2) is 0 Å². The van der Waals surface area contributed by atoms with E-state index in [2.05, 4.69) is 27.8 Å². The molecule has 0 bridgehead atoms. The molecule has 2 atom stereocenters. The Kier molecular flexibility index (Phi) is 3.06. The van der Waals surface area contributed by atoms with Crippen molar-refractivity contribution >= 4 is 11.3 Å². The van der Waals surface area contributed by atoms with E-state index in [4.69, 9.17) is 4.74 Å². The van der Waals surface area contributed by atoms with E-state index in [1.807, 2.05) is 26.1 Å². The number of aryl methyl sites for hydroxylation is 1. The van der Waals surface area contributed by atoms with Crippen LogP contribution in [0.15, 0.2) is 29.6 Å². The Morgan fingerprint density at radius 3 is 2.94 bits per heavy atom. The minimum absolute atomic E-state index is 0.0577. The second-order valence-electron chi connectivity index (χ2n) is 4.51. The highest BCUT2D eigenvalue weighted by atomic mass is 32.1. The van der Waals surface area contributed by atoms with E-state index >= 15 is 0 Å². The maximum absolute atomic E-state index is 6.07. The molecule has 1 aromatic heterocycles. The zero-order chi connectivity index (χ0) is 12.5. The topological polar surface area (TPSA) is 34.2 Å². The van der Waals surface area contributed by atoms with Crippen LogP contribution in [0, 0.1) is 6.92 Å². The fraction of sp³-hybridized carbons (Fsp3) is 0.357. The first-order valence-corrected chi connectivity index (χ1v) is 7.01. The summed E-state index contributed by atoms with van der Waals surface area (Å²) >= 11 is 1.68. The Hall–Kier alpha value is -1.39. The van der Waals surface area contributed by atoms with Crippen molar-refractivity contribution in [1.29, 1.82) is 0 Å². The Morgan fingerprint density at radius 2 is 2.22 bits per heavy atom. The predicted molar refractivity (Wildman–Crippen MR) is 73.1 cm³/mol. The number of rotatable bonds is 2. The van der Waals surface area contributed by atoms with Crippen LogP contribution < -0.4 is 10.1 Å². The first-order chi connectivity index (χ1) is 8.78. The van der Waals surface area contributed by atoms with Crippen molar-refractivity contribution in [1.82, 2.24) is 10.3 Å². The van der Waals surface area contributed by atoms with Gasteiger partial charge in [0, 0.05) is 23.4 Å². The van der Waals surface area contributed by atoms with E-state index in [1.165, 1.54) is 5.56 Å². The highest BCUT2D eigenvalue weighted by Crippen LogP contribution is 2.40. The summed E-state index contributed by atoms with van der Waals surface area (Å²) in [5.41, 5.74) is 2.29. The number of para-hydroxylation sites is 1. The maximum Gasteiger partial charge on any atom is 0.143 e. The normalized spacial score (nSPS) is 22.3. The zero-order valence-corrected chi connectivity index (χ0v) is 11.3. The van der Waals surface area contributed by atoms with Crippen LogP contribution in [0.25, 0.3) is 0 Å². The van der Waals surface area contributed by atoms with Crippen LogP contribution in [-0.4, -0.2) is 12.0 Å². The van der Waals surface area contributed by atoms with Crippen LogP contribution >= 0.6 is 11.3 Å². The van der Waals surface area contributed by atoms with Crippen molar-refractivity contribution in [3.8, 4) is 5.75 Å². The van der Waals surface area contributed by atoms with Crippen molar-refractivity contribution in [3.05, 3.63) is 45.9 Å². The summed E-state index contributed by atoms with van der Waals surface area (Å²) in [6.07, 6.45) is 0.985. The van der Waals surface area contributed by atoms with E-state index in [0.717, 1.165) is 22.9 Å². The molecule has 0 radical (unpaired) electrons. The van der Waals surface area contributed by atoms with Crippen LogP contribution in [0.4, 0.5) is 0 Å². The van der Waals surface area contributed by atoms with Gasteiger partial charge in [-0.3, -0.25) is 0 Å². The Bertz CT molecular complexity index is 552. The van der Waals surface area contributed by atoms with Crippen LogP contribution in [0.1, 0.15) is 34.8 Å². The first-order valence-electron chi connectivity index (χ1n) is 6.13. The Labute approximate surface area is 111 Å². The fourth-order valence-electron chi connectivity index (χ4n) is 2.40. The lowest BCUT2D eigenvalue weighted by atomic mass is 9.95. The summed E-state index contributed by atoms with van der Waals surface area (Å²) in [5.74, 6) is 0.971. The van der Waals surface area contributed by atoms with Gasteiger partial charge in [0.25, 0.3) is 0 Å². The van der Waals surface area contributed by atoms with Gasteiger partial charge in [-0.1, -0.05) is 18.2 Å². The van der Waals surface area contributed by atoms with E-state index in [-0.39, 0.29) is 6.10 Å². The molecular formula is C14H16N2OS. The molecule has 0 saturated carbocycles. The molecule has 3 rings (SSSR count). The quantitative estimate of drug-likeness (QED) is 0.900. The molecule has 2 aromatic rings. The summed E-state index contributed by atoms with van der Waals surface area (Å²) in [6, 6.07) is 8.56. The van der Waals surface area contributed by atoms with E-state index in [1.54, 1.807) is 11.3 Å². The molecule has 1 N–H and O–H groups in total. The monoisotopic (exact) mass is 260 g/mol. The molecule has 3 nitrogen and oxygen atoms in total. The SMILES string of the molecule is CNC1CC(c2csc(C)n2)Oc2ccccc21. The molecule has 0 spiro atoms. The first kappa shape index (κ1) is 11.7. The number of nitrogens with one attached hydrogen (secondary N) is 1. The Balaban J connectivity index is 1.94. The molecule has 1 aliphatic heterocycles. The van der Waals surface area contributed by atoms with Crippen LogP contribution in [0.2, 0.25) is 0 Å². The van der Waals surface area contributed by atoms with Gasteiger partial charge in [0.2, 0.25) is 0 Å². The summed E-state index contributed by atoms with van der Waals surface area (Å²) < 4.78 is 6.07. The van der Waals surface area contributed by atoms with E-state index < -0.39 is 0 Å². The van der Waals surface area contributed by atoms with E-state index in [9.17, 15) is 0 Å². The molecule has 2 unspecified atom stereocenters. The third-order valence-corrected chi connectivity index (χ3v) is 4.12. The number of fused-ring (bicyclic) bond motifs is 1. The van der Waals surface area contributed by atoms with Crippen LogP contribution in [0.5, 0.6) is 5.75 Å². The lowest BCUT2D eigenvalue weighted by Gasteiger charge is -2.31. The molecule has 0 aliphatic carbocycles. The number of nitrogens with zero attached hydrogens (tertiary/aromatic N) is 1. The standard InChI is InChI=1S/C14H16N2OS/c1-9-16-12(8-18-9)14-7-11(15-2)10-5-3-4-6-13(10)17-14/h3-6,8,11,14-15H,7H2,1-2H3. The van der Waals surface area contributed by atoms with Crippen molar-refractivity contribution in [2.24, 2.45) is 0 Å². The van der Waals surface area contributed by atoms with Crippen LogP contribution in [0.3, 0.4) is 0 Å². The fourth-order valence-corrected chi connectivity index (χ4v) is 3.05. The van der Waals surface area contributed by atoms with Gasteiger partial charge < -0.3 is 10.1 Å². The average Bonchev–Trinajstić information content (AvgIpc) is 2.84. The molecule has 2 heterocycles. The lowest BCUT2D eigenvalue weighted by molar-refractivity contribution is 0.150. The van der Waals surface area contributed by atoms with Crippen LogP contribution in [-0.2, 0) is 0 Å². The number of benzene rings is 1. The average molecular weight is 260 g/mol. The highest BCUT2D eigenvalue weighted by Gasteiger charge is 2.29. The van der Waals surface area contributed by atoms with E-state index in [0.29, 0.717) is 6.04 Å². The predicted octanol–water partition coefficient (Wildman–Crippen LogP) is 3.24. The largest absolute Gasteiger partial charge is 0.484 e.